The number of hydrogen-bond acceptors (Lipinski definition) is 4. The van der Waals surface area contributed by atoms with E-state index >= 15 is 0 Å². The summed E-state index contributed by atoms with van der Waals surface area (Å²) in [6, 6.07) is 21.3. The van der Waals surface area contributed by atoms with Crippen molar-refractivity contribution in [3.8, 4) is 5.69 Å². The first-order chi connectivity index (χ1) is 17.7. The molecule has 190 valence electrons. The number of benzene rings is 3. The van der Waals surface area contributed by atoms with Gasteiger partial charge in [0.05, 0.1) is 17.1 Å². The van der Waals surface area contributed by atoms with Crippen LogP contribution in [0.15, 0.2) is 66.7 Å². The number of anilines is 2. The zero-order valence-electron chi connectivity index (χ0n) is 21.3. The summed E-state index contributed by atoms with van der Waals surface area (Å²) in [5, 5.41) is 22.1. The zero-order chi connectivity index (χ0) is 26.2. The molecule has 0 saturated heterocycles. The van der Waals surface area contributed by atoms with Gasteiger partial charge in [-0.3, -0.25) is 10.1 Å². The largest absolute Gasteiger partial charge is 0.387 e. The third kappa shape index (κ3) is 5.06. The van der Waals surface area contributed by atoms with Crippen molar-refractivity contribution in [3.63, 3.8) is 0 Å². The molecule has 0 unspecified atom stereocenters. The van der Waals surface area contributed by atoms with Crippen molar-refractivity contribution >= 4 is 34.2 Å². The van der Waals surface area contributed by atoms with E-state index in [0.29, 0.717) is 18.9 Å². The van der Waals surface area contributed by atoms with E-state index < -0.39 is 6.61 Å². The van der Waals surface area contributed by atoms with Crippen LogP contribution in [-0.4, -0.2) is 44.9 Å². The van der Waals surface area contributed by atoms with Gasteiger partial charge < -0.3 is 15.3 Å². The molecule has 0 saturated carbocycles. The summed E-state index contributed by atoms with van der Waals surface area (Å²) in [6.07, 6.45) is 0.728. The van der Waals surface area contributed by atoms with Crippen LogP contribution in [0.4, 0.5) is 16.3 Å². The highest BCUT2D eigenvalue weighted by molar-refractivity contribution is 6.06. The van der Waals surface area contributed by atoms with Gasteiger partial charge in [0.15, 0.2) is 0 Å². The summed E-state index contributed by atoms with van der Waals surface area (Å²) >= 11 is 0. The number of carbonyl (C=O) groups excluding carboxylic acids is 2. The summed E-state index contributed by atoms with van der Waals surface area (Å²) in [4.78, 5) is 26.8. The van der Waals surface area contributed by atoms with Crippen LogP contribution in [0.25, 0.3) is 16.5 Å². The summed E-state index contributed by atoms with van der Waals surface area (Å²) in [5.41, 5.74) is 4.28. The van der Waals surface area contributed by atoms with E-state index in [9.17, 15) is 14.7 Å². The Labute approximate surface area is 215 Å². The summed E-state index contributed by atoms with van der Waals surface area (Å²) < 4.78 is 1.73. The van der Waals surface area contributed by atoms with Gasteiger partial charge in [-0.05, 0) is 41.1 Å². The Morgan fingerprint density at radius 2 is 1.76 bits per heavy atom. The standard InChI is InChI=1S/C29H31N5O3/c1-29(2,3)25-16-26(31-28(37)30-24-10-6-8-20-7-4-5-9-23(20)24)34(32-25)22-12-11-19-13-14-33(27(36)18-35)17-21(19)15-22/h4-12,15-16,35H,13-14,17-18H2,1-3H3,(H2,30,31,37). The number of rotatable bonds is 4. The third-order valence-electron chi connectivity index (χ3n) is 6.69. The molecular formula is C29H31N5O3. The Kier molecular flexibility index (Phi) is 6.43. The second kappa shape index (κ2) is 9.71. The molecule has 0 bridgehead atoms. The van der Waals surface area contributed by atoms with Gasteiger partial charge in [0.2, 0.25) is 5.91 Å². The maximum atomic E-state index is 13.1. The van der Waals surface area contributed by atoms with E-state index in [4.69, 9.17) is 5.10 Å². The molecule has 0 atom stereocenters. The predicted octanol–water partition coefficient (Wildman–Crippen LogP) is 4.84. The minimum absolute atomic E-state index is 0.230. The molecule has 4 aromatic rings. The van der Waals surface area contributed by atoms with Gasteiger partial charge in [0.25, 0.3) is 0 Å². The van der Waals surface area contributed by atoms with Crippen LogP contribution >= 0.6 is 0 Å². The number of nitrogens with one attached hydrogen (secondary N) is 2. The smallest absolute Gasteiger partial charge is 0.324 e. The highest BCUT2D eigenvalue weighted by atomic mass is 16.3. The van der Waals surface area contributed by atoms with Crippen LogP contribution in [0.5, 0.6) is 0 Å². The molecule has 37 heavy (non-hydrogen) atoms. The second-order valence-electron chi connectivity index (χ2n) is 10.4. The molecule has 0 aliphatic carbocycles. The van der Waals surface area contributed by atoms with Crippen molar-refractivity contribution in [3.05, 3.63) is 83.6 Å². The number of aliphatic hydroxyl groups is 1. The Bertz CT molecular complexity index is 1480. The summed E-state index contributed by atoms with van der Waals surface area (Å²) in [5.74, 6) is 0.263. The first-order valence-electron chi connectivity index (χ1n) is 12.4. The molecular weight excluding hydrogens is 466 g/mol. The van der Waals surface area contributed by atoms with E-state index in [0.717, 1.165) is 45.4 Å². The van der Waals surface area contributed by atoms with Crippen LogP contribution in [0.2, 0.25) is 0 Å². The first kappa shape index (κ1) is 24.5. The van der Waals surface area contributed by atoms with Crippen molar-refractivity contribution in [2.24, 2.45) is 0 Å². The first-order valence-corrected chi connectivity index (χ1v) is 12.4. The van der Waals surface area contributed by atoms with E-state index in [-0.39, 0.29) is 17.4 Å². The van der Waals surface area contributed by atoms with Gasteiger partial charge in [-0.2, -0.15) is 5.10 Å². The minimum atomic E-state index is -0.497. The molecule has 0 radical (unpaired) electrons. The fraction of sp³-hybridized carbons (Fsp3) is 0.276. The quantitative estimate of drug-likeness (QED) is 0.376. The van der Waals surface area contributed by atoms with Crippen molar-refractivity contribution < 1.29 is 14.7 Å². The van der Waals surface area contributed by atoms with E-state index in [2.05, 4.69) is 31.4 Å². The van der Waals surface area contributed by atoms with Gasteiger partial charge in [0, 0.05) is 30.0 Å². The van der Waals surface area contributed by atoms with Crippen LogP contribution in [0, 0.1) is 0 Å². The van der Waals surface area contributed by atoms with Crippen molar-refractivity contribution in [2.75, 3.05) is 23.8 Å². The number of carbonyl (C=O) groups is 2. The number of amides is 3. The fourth-order valence-corrected chi connectivity index (χ4v) is 4.63. The lowest BCUT2D eigenvalue weighted by Crippen LogP contribution is -2.37. The number of fused-ring (bicyclic) bond motifs is 2. The number of aliphatic hydroxyl groups excluding tert-OH is 1. The SMILES string of the molecule is CC(C)(C)c1cc(NC(=O)Nc2cccc3ccccc23)n(-c2ccc3c(c2)CN(C(=O)CO)CC3)n1. The molecule has 2 heterocycles. The highest BCUT2D eigenvalue weighted by Crippen LogP contribution is 2.29. The van der Waals surface area contributed by atoms with E-state index in [1.165, 1.54) is 0 Å². The Hall–Kier alpha value is -4.17. The van der Waals surface area contributed by atoms with Gasteiger partial charge >= 0.3 is 6.03 Å². The van der Waals surface area contributed by atoms with Gasteiger partial charge in [-0.1, -0.05) is 63.2 Å². The topological polar surface area (TPSA) is 99.5 Å². The summed E-state index contributed by atoms with van der Waals surface area (Å²) in [6.45, 7) is 6.74. The van der Waals surface area contributed by atoms with E-state index in [1.807, 2.05) is 66.7 Å². The predicted molar refractivity (Wildman–Crippen MR) is 145 cm³/mol. The normalized spacial score (nSPS) is 13.4. The lowest BCUT2D eigenvalue weighted by atomic mass is 9.92. The molecule has 5 rings (SSSR count). The molecule has 1 aromatic heterocycles. The van der Waals surface area contributed by atoms with Gasteiger partial charge in [0.1, 0.15) is 12.4 Å². The van der Waals surface area contributed by atoms with Crippen LogP contribution in [0.1, 0.15) is 37.6 Å². The maximum absolute atomic E-state index is 13.1. The maximum Gasteiger partial charge on any atom is 0.324 e. The molecule has 0 fully saturated rings. The lowest BCUT2D eigenvalue weighted by Gasteiger charge is -2.28. The molecule has 1 aliphatic heterocycles. The van der Waals surface area contributed by atoms with Crippen molar-refractivity contribution in [1.82, 2.24) is 14.7 Å². The minimum Gasteiger partial charge on any atom is -0.387 e. The second-order valence-corrected chi connectivity index (χ2v) is 10.4. The van der Waals surface area contributed by atoms with Crippen LogP contribution in [0.3, 0.4) is 0 Å². The molecule has 3 aromatic carbocycles. The highest BCUT2D eigenvalue weighted by Gasteiger charge is 2.24. The molecule has 8 heteroatoms. The molecule has 1 aliphatic rings. The third-order valence-corrected chi connectivity index (χ3v) is 6.69. The van der Waals surface area contributed by atoms with E-state index in [1.54, 1.807) is 9.58 Å². The Morgan fingerprint density at radius 3 is 2.54 bits per heavy atom. The number of nitrogens with zero attached hydrogens (tertiary/aromatic N) is 3. The van der Waals surface area contributed by atoms with Crippen molar-refractivity contribution in [1.29, 1.82) is 0 Å². The van der Waals surface area contributed by atoms with Gasteiger partial charge in [-0.25, -0.2) is 9.48 Å². The fourth-order valence-electron chi connectivity index (χ4n) is 4.63. The molecule has 0 spiro atoms. The molecule has 3 amide bonds. The molecule has 8 nitrogen and oxygen atoms in total. The Morgan fingerprint density at radius 1 is 0.973 bits per heavy atom. The Balaban J connectivity index is 1.46. The number of aromatic nitrogens is 2. The van der Waals surface area contributed by atoms with Crippen LogP contribution in [-0.2, 0) is 23.2 Å². The van der Waals surface area contributed by atoms with Crippen molar-refractivity contribution in [2.45, 2.75) is 39.2 Å². The monoisotopic (exact) mass is 497 g/mol. The van der Waals surface area contributed by atoms with Gasteiger partial charge in [-0.15, -0.1) is 0 Å². The zero-order valence-corrected chi connectivity index (χ0v) is 21.3. The number of urea groups is 1. The average molecular weight is 498 g/mol. The lowest BCUT2D eigenvalue weighted by molar-refractivity contribution is -0.135. The summed E-state index contributed by atoms with van der Waals surface area (Å²) in [7, 11) is 0. The number of hydrogen-bond donors (Lipinski definition) is 3. The average Bonchev–Trinajstić information content (AvgIpc) is 3.32. The van der Waals surface area contributed by atoms with Crippen LogP contribution < -0.4 is 10.6 Å². The molecule has 3 N–H and O–H groups in total.